The molecule has 3 nitrogen and oxygen atoms in total. The van der Waals surface area contributed by atoms with Gasteiger partial charge in [-0.1, -0.05) is 48.0 Å². The number of aromatic nitrogens is 1. The molecular formula is C21H14ClNO2. The van der Waals surface area contributed by atoms with E-state index in [1.165, 1.54) is 0 Å². The van der Waals surface area contributed by atoms with E-state index in [1.54, 1.807) is 24.3 Å². The first-order valence-corrected chi connectivity index (χ1v) is 8.29. The summed E-state index contributed by atoms with van der Waals surface area (Å²) in [6.07, 6.45) is 0. The van der Waals surface area contributed by atoms with Crippen LogP contribution in [0.1, 0.15) is 15.9 Å². The van der Waals surface area contributed by atoms with Crippen molar-refractivity contribution in [2.45, 2.75) is 6.61 Å². The molecule has 0 aliphatic carbocycles. The van der Waals surface area contributed by atoms with Crippen LogP contribution in [0.3, 0.4) is 0 Å². The third-order valence-corrected chi connectivity index (χ3v) is 4.38. The summed E-state index contributed by atoms with van der Waals surface area (Å²) in [5.74, 6) is -0.373. The Morgan fingerprint density at radius 3 is 2.00 bits per heavy atom. The second-order valence-electron chi connectivity index (χ2n) is 5.71. The highest BCUT2D eigenvalue weighted by molar-refractivity contribution is 6.30. The Labute approximate surface area is 149 Å². The van der Waals surface area contributed by atoms with Crippen molar-refractivity contribution in [3.05, 3.63) is 88.9 Å². The molecule has 0 unspecified atom stereocenters. The molecule has 0 aliphatic heterocycles. The van der Waals surface area contributed by atoms with Crippen LogP contribution in [-0.4, -0.2) is 11.0 Å². The smallest absolute Gasteiger partial charge is 0.338 e. The quantitative estimate of drug-likeness (QED) is 0.368. The van der Waals surface area contributed by atoms with Crippen LogP contribution in [0.5, 0.6) is 0 Å². The van der Waals surface area contributed by atoms with Gasteiger partial charge in [0.2, 0.25) is 0 Å². The lowest BCUT2D eigenvalue weighted by Gasteiger charge is -2.11. The minimum absolute atomic E-state index is 0.186. The Kier molecular flexibility index (Phi) is 4.08. The summed E-state index contributed by atoms with van der Waals surface area (Å²) in [5, 5.41) is 2.57. The van der Waals surface area contributed by atoms with E-state index in [1.807, 2.05) is 48.5 Å². The molecule has 0 spiro atoms. The number of carbonyl (C=O) groups is 1. The largest absolute Gasteiger partial charge is 0.457 e. The van der Waals surface area contributed by atoms with Crippen molar-refractivity contribution in [1.29, 1.82) is 0 Å². The SMILES string of the molecule is O=C(OCc1c2ccccc2nc2ccccc12)c1ccc(Cl)cc1. The maximum absolute atomic E-state index is 12.3. The number of fused-ring (bicyclic) bond motifs is 2. The molecule has 0 N–H and O–H groups in total. The van der Waals surface area contributed by atoms with E-state index < -0.39 is 0 Å². The lowest BCUT2D eigenvalue weighted by molar-refractivity contribution is 0.0476. The van der Waals surface area contributed by atoms with Crippen LogP contribution in [0, 0.1) is 0 Å². The Morgan fingerprint density at radius 2 is 1.40 bits per heavy atom. The van der Waals surface area contributed by atoms with Gasteiger partial charge in [0.1, 0.15) is 6.61 Å². The highest BCUT2D eigenvalue weighted by atomic mass is 35.5. The van der Waals surface area contributed by atoms with E-state index in [0.717, 1.165) is 27.4 Å². The zero-order valence-corrected chi connectivity index (χ0v) is 14.0. The van der Waals surface area contributed by atoms with Gasteiger partial charge in [0.05, 0.1) is 16.6 Å². The summed E-state index contributed by atoms with van der Waals surface area (Å²) in [7, 11) is 0. The molecule has 0 aliphatic rings. The maximum atomic E-state index is 12.3. The van der Waals surface area contributed by atoms with Crippen LogP contribution >= 0.6 is 11.6 Å². The van der Waals surface area contributed by atoms with Crippen LogP contribution in [0.2, 0.25) is 5.02 Å². The molecule has 0 saturated heterocycles. The third kappa shape index (κ3) is 3.06. The molecule has 4 aromatic rings. The molecule has 0 saturated carbocycles. The van der Waals surface area contributed by atoms with E-state index in [-0.39, 0.29) is 12.6 Å². The van der Waals surface area contributed by atoms with Gasteiger partial charge in [-0.3, -0.25) is 0 Å². The van der Waals surface area contributed by atoms with Crippen molar-refractivity contribution in [1.82, 2.24) is 4.98 Å². The lowest BCUT2D eigenvalue weighted by atomic mass is 10.0. The second-order valence-corrected chi connectivity index (χ2v) is 6.14. The van der Waals surface area contributed by atoms with Crippen molar-refractivity contribution in [3.8, 4) is 0 Å². The van der Waals surface area contributed by atoms with Gasteiger partial charge < -0.3 is 4.74 Å². The van der Waals surface area contributed by atoms with Crippen molar-refractivity contribution >= 4 is 39.4 Å². The third-order valence-electron chi connectivity index (χ3n) is 4.13. The fraction of sp³-hybridized carbons (Fsp3) is 0.0476. The topological polar surface area (TPSA) is 39.2 Å². The van der Waals surface area contributed by atoms with Gasteiger partial charge >= 0.3 is 5.97 Å². The summed E-state index contributed by atoms with van der Waals surface area (Å²) in [5.41, 5.74) is 3.22. The molecule has 4 heteroatoms. The molecule has 0 fully saturated rings. The first-order chi connectivity index (χ1) is 12.2. The van der Waals surface area contributed by atoms with Crippen LogP contribution < -0.4 is 0 Å². The summed E-state index contributed by atoms with van der Waals surface area (Å²) in [6, 6.07) is 22.4. The van der Waals surface area contributed by atoms with Gasteiger partial charge in [0.15, 0.2) is 0 Å². The average Bonchev–Trinajstić information content (AvgIpc) is 2.65. The van der Waals surface area contributed by atoms with Crippen LogP contribution in [0.15, 0.2) is 72.8 Å². The van der Waals surface area contributed by atoms with Gasteiger partial charge in [0.25, 0.3) is 0 Å². The van der Waals surface area contributed by atoms with Crippen molar-refractivity contribution in [2.24, 2.45) is 0 Å². The lowest BCUT2D eigenvalue weighted by Crippen LogP contribution is -2.06. The number of rotatable bonds is 3. The average molecular weight is 348 g/mol. The van der Waals surface area contributed by atoms with E-state index >= 15 is 0 Å². The number of benzene rings is 3. The van der Waals surface area contributed by atoms with Gasteiger partial charge in [-0.2, -0.15) is 0 Å². The number of esters is 1. The maximum Gasteiger partial charge on any atom is 0.338 e. The highest BCUT2D eigenvalue weighted by Gasteiger charge is 2.12. The standard InChI is InChI=1S/C21H14ClNO2/c22-15-11-9-14(10-12-15)21(24)25-13-18-16-5-1-3-7-19(16)23-20-8-4-2-6-17(18)20/h1-12H,13H2. The number of para-hydroxylation sites is 2. The molecule has 0 bridgehead atoms. The predicted molar refractivity (Wildman–Crippen MR) is 99.8 cm³/mol. The molecule has 122 valence electrons. The number of hydrogen-bond donors (Lipinski definition) is 0. The minimum atomic E-state index is -0.373. The molecule has 1 aromatic heterocycles. The number of carbonyl (C=O) groups excluding carboxylic acids is 1. The van der Waals surface area contributed by atoms with Gasteiger partial charge in [-0.15, -0.1) is 0 Å². The van der Waals surface area contributed by atoms with Crippen LogP contribution in [0.4, 0.5) is 0 Å². The summed E-state index contributed by atoms with van der Waals surface area (Å²) >= 11 is 5.86. The fourth-order valence-electron chi connectivity index (χ4n) is 2.89. The van der Waals surface area contributed by atoms with Crippen molar-refractivity contribution in [3.63, 3.8) is 0 Å². The normalized spacial score (nSPS) is 10.9. The van der Waals surface area contributed by atoms with Crippen LogP contribution in [-0.2, 0) is 11.3 Å². The Hall–Kier alpha value is -2.91. The molecule has 3 aromatic carbocycles. The zero-order valence-electron chi connectivity index (χ0n) is 13.3. The van der Waals surface area contributed by atoms with E-state index in [4.69, 9.17) is 16.3 Å². The predicted octanol–water partition coefficient (Wildman–Crippen LogP) is 5.40. The van der Waals surface area contributed by atoms with Crippen molar-refractivity contribution in [2.75, 3.05) is 0 Å². The summed E-state index contributed by atoms with van der Waals surface area (Å²) < 4.78 is 5.56. The summed E-state index contributed by atoms with van der Waals surface area (Å²) in [4.78, 5) is 17.0. The first kappa shape index (κ1) is 15.6. The molecule has 0 radical (unpaired) electrons. The van der Waals surface area contributed by atoms with E-state index in [9.17, 15) is 4.79 Å². The number of nitrogens with zero attached hydrogens (tertiary/aromatic N) is 1. The van der Waals surface area contributed by atoms with E-state index in [2.05, 4.69) is 4.98 Å². The number of hydrogen-bond acceptors (Lipinski definition) is 3. The Morgan fingerprint density at radius 1 is 0.840 bits per heavy atom. The fourth-order valence-corrected chi connectivity index (χ4v) is 3.02. The number of ether oxygens (including phenoxy) is 1. The molecule has 0 amide bonds. The molecular weight excluding hydrogens is 334 g/mol. The molecule has 0 atom stereocenters. The van der Waals surface area contributed by atoms with Gasteiger partial charge in [0, 0.05) is 21.4 Å². The zero-order chi connectivity index (χ0) is 17.2. The molecule has 25 heavy (non-hydrogen) atoms. The minimum Gasteiger partial charge on any atom is -0.457 e. The monoisotopic (exact) mass is 347 g/mol. The summed E-state index contributed by atoms with van der Waals surface area (Å²) in [6.45, 7) is 0.186. The Bertz CT molecular complexity index is 1020. The van der Waals surface area contributed by atoms with E-state index in [0.29, 0.717) is 10.6 Å². The van der Waals surface area contributed by atoms with Gasteiger partial charge in [-0.05, 0) is 36.4 Å². The molecule has 4 rings (SSSR count). The highest BCUT2D eigenvalue weighted by Crippen LogP contribution is 2.26. The Balaban J connectivity index is 1.72. The number of pyridine rings is 1. The first-order valence-electron chi connectivity index (χ1n) is 7.91. The van der Waals surface area contributed by atoms with Gasteiger partial charge in [-0.25, -0.2) is 9.78 Å². The second kappa shape index (κ2) is 6.54. The number of halogens is 1. The van der Waals surface area contributed by atoms with Crippen molar-refractivity contribution < 1.29 is 9.53 Å². The van der Waals surface area contributed by atoms with Crippen LogP contribution in [0.25, 0.3) is 21.8 Å². The molecule has 1 heterocycles.